The molecule has 2 aromatic heterocycles. The van der Waals surface area contributed by atoms with Crippen LogP contribution in [0.15, 0.2) is 36.7 Å². The van der Waals surface area contributed by atoms with Crippen molar-refractivity contribution in [1.82, 2.24) is 19.5 Å². The van der Waals surface area contributed by atoms with E-state index in [4.69, 9.17) is 10.7 Å². The lowest BCUT2D eigenvalue weighted by molar-refractivity contribution is 0.663. The van der Waals surface area contributed by atoms with E-state index >= 15 is 0 Å². The van der Waals surface area contributed by atoms with Crippen LogP contribution in [0.25, 0.3) is 11.0 Å². The molecule has 0 spiro atoms. The van der Waals surface area contributed by atoms with E-state index in [2.05, 4.69) is 27.5 Å². The van der Waals surface area contributed by atoms with E-state index in [-0.39, 0.29) is 0 Å². The molecule has 0 atom stereocenters. The number of benzene rings is 1. The molecule has 0 saturated heterocycles. The maximum Gasteiger partial charge on any atom is 0.219 e. The van der Waals surface area contributed by atoms with Gasteiger partial charge in [-0.15, -0.1) is 0 Å². The Balaban J connectivity index is 2.01. The molecule has 2 heterocycles. The van der Waals surface area contributed by atoms with Crippen LogP contribution in [0.1, 0.15) is 24.7 Å². The van der Waals surface area contributed by atoms with Crippen LogP contribution in [-0.2, 0) is 13.0 Å². The summed E-state index contributed by atoms with van der Waals surface area (Å²) in [7, 11) is 0. The lowest BCUT2D eigenvalue weighted by Gasteiger charge is -2.07. The molecule has 0 aliphatic rings. The molecule has 1 aromatic carbocycles. The summed E-state index contributed by atoms with van der Waals surface area (Å²) in [6, 6.07) is 8.22. The molecule has 0 saturated carbocycles. The maximum atomic E-state index is 5.52. The molecule has 102 valence electrons. The molecule has 3 aromatic rings. The fourth-order valence-corrected chi connectivity index (χ4v) is 2.37. The average Bonchev–Trinajstić information content (AvgIpc) is 2.80. The van der Waals surface area contributed by atoms with Crippen LogP contribution in [0.5, 0.6) is 0 Å². The molecule has 0 bridgehead atoms. The normalized spacial score (nSPS) is 11.1. The standard InChI is InChI=1S/C15H17N5/c1-2-7-20-13-6-4-3-5-12(13)19-14(20)8-11-9-17-15(16)18-10-11/h3-6,9-10H,2,7-8H2,1H3,(H2,16,17,18). The van der Waals surface area contributed by atoms with E-state index in [0.717, 1.165) is 36.3 Å². The van der Waals surface area contributed by atoms with Gasteiger partial charge in [-0.05, 0) is 24.1 Å². The molecule has 20 heavy (non-hydrogen) atoms. The van der Waals surface area contributed by atoms with Crippen LogP contribution in [-0.4, -0.2) is 19.5 Å². The smallest absolute Gasteiger partial charge is 0.219 e. The van der Waals surface area contributed by atoms with Crippen molar-refractivity contribution >= 4 is 17.0 Å². The Morgan fingerprint density at radius 2 is 1.90 bits per heavy atom. The van der Waals surface area contributed by atoms with Crippen LogP contribution in [0, 0.1) is 0 Å². The van der Waals surface area contributed by atoms with Gasteiger partial charge >= 0.3 is 0 Å². The number of aromatic nitrogens is 4. The van der Waals surface area contributed by atoms with Crippen molar-refractivity contribution in [2.75, 3.05) is 5.73 Å². The van der Waals surface area contributed by atoms with Crippen LogP contribution in [0.2, 0.25) is 0 Å². The molecular formula is C15H17N5. The van der Waals surface area contributed by atoms with Crippen molar-refractivity contribution in [3.63, 3.8) is 0 Å². The Hall–Kier alpha value is -2.43. The van der Waals surface area contributed by atoms with Gasteiger partial charge in [-0.3, -0.25) is 0 Å². The predicted molar refractivity (Wildman–Crippen MR) is 79.3 cm³/mol. The van der Waals surface area contributed by atoms with Crippen molar-refractivity contribution in [2.45, 2.75) is 26.3 Å². The summed E-state index contributed by atoms with van der Waals surface area (Å²) in [6.07, 6.45) is 5.32. The molecule has 2 N–H and O–H groups in total. The number of rotatable bonds is 4. The summed E-state index contributed by atoms with van der Waals surface area (Å²) in [5.41, 5.74) is 8.75. The Morgan fingerprint density at radius 1 is 1.15 bits per heavy atom. The van der Waals surface area contributed by atoms with Gasteiger partial charge in [0.15, 0.2) is 0 Å². The number of nitrogens with zero attached hydrogens (tertiary/aromatic N) is 4. The van der Waals surface area contributed by atoms with Crippen LogP contribution in [0.4, 0.5) is 5.95 Å². The SMILES string of the molecule is CCCn1c(Cc2cnc(N)nc2)nc2ccccc21. The zero-order valence-electron chi connectivity index (χ0n) is 11.5. The highest BCUT2D eigenvalue weighted by Crippen LogP contribution is 2.18. The number of nitrogens with two attached hydrogens (primary N) is 1. The zero-order valence-corrected chi connectivity index (χ0v) is 11.5. The molecule has 0 aliphatic heterocycles. The molecule has 0 amide bonds. The van der Waals surface area contributed by atoms with E-state index in [0.29, 0.717) is 5.95 Å². The number of aryl methyl sites for hydroxylation is 1. The predicted octanol–water partition coefficient (Wildman–Crippen LogP) is 2.41. The van der Waals surface area contributed by atoms with Gasteiger partial charge in [0.25, 0.3) is 0 Å². The minimum absolute atomic E-state index is 0.302. The van der Waals surface area contributed by atoms with Crippen molar-refractivity contribution in [3.8, 4) is 0 Å². The first-order chi connectivity index (χ1) is 9.78. The second kappa shape index (κ2) is 5.28. The fourth-order valence-electron chi connectivity index (χ4n) is 2.37. The third kappa shape index (κ3) is 2.34. The van der Waals surface area contributed by atoms with E-state index < -0.39 is 0 Å². The number of fused-ring (bicyclic) bond motifs is 1. The number of hydrogen-bond acceptors (Lipinski definition) is 4. The summed E-state index contributed by atoms with van der Waals surface area (Å²) >= 11 is 0. The van der Waals surface area contributed by atoms with Crippen LogP contribution < -0.4 is 5.73 Å². The lowest BCUT2D eigenvalue weighted by Crippen LogP contribution is -2.05. The van der Waals surface area contributed by atoms with Crippen molar-refractivity contribution in [3.05, 3.63) is 48.0 Å². The van der Waals surface area contributed by atoms with E-state index in [1.54, 1.807) is 12.4 Å². The van der Waals surface area contributed by atoms with Crippen LogP contribution >= 0.6 is 0 Å². The van der Waals surface area contributed by atoms with Gasteiger partial charge < -0.3 is 10.3 Å². The highest BCUT2D eigenvalue weighted by molar-refractivity contribution is 5.76. The summed E-state index contributed by atoms with van der Waals surface area (Å²) in [5.74, 6) is 1.34. The number of imidazole rings is 1. The summed E-state index contributed by atoms with van der Waals surface area (Å²) in [4.78, 5) is 12.8. The Kier molecular flexibility index (Phi) is 3.33. The second-order valence-electron chi connectivity index (χ2n) is 4.79. The largest absolute Gasteiger partial charge is 0.368 e. The maximum absolute atomic E-state index is 5.52. The summed E-state index contributed by atoms with van der Waals surface area (Å²) in [5, 5.41) is 0. The van der Waals surface area contributed by atoms with E-state index in [9.17, 15) is 0 Å². The lowest BCUT2D eigenvalue weighted by atomic mass is 10.2. The molecule has 5 nitrogen and oxygen atoms in total. The van der Waals surface area contributed by atoms with E-state index in [1.807, 2.05) is 18.2 Å². The fraction of sp³-hybridized carbons (Fsp3) is 0.267. The highest BCUT2D eigenvalue weighted by Gasteiger charge is 2.10. The Labute approximate surface area is 117 Å². The number of anilines is 1. The first-order valence-electron chi connectivity index (χ1n) is 6.78. The van der Waals surface area contributed by atoms with Gasteiger partial charge in [-0.2, -0.15) is 0 Å². The number of para-hydroxylation sites is 2. The number of nitrogen functional groups attached to an aromatic ring is 1. The quantitative estimate of drug-likeness (QED) is 0.788. The van der Waals surface area contributed by atoms with E-state index in [1.165, 1.54) is 5.52 Å². The van der Waals surface area contributed by atoms with Gasteiger partial charge in [0.05, 0.1) is 11.0 Å². The molecule has 3 rings (SSSR count). The van der Waals surface area contributed by atoms with Crippen molar-refractivity contribution in [1.29, 1.82) is 0 Å². The third-order valence-electron chi connectivity index (χ3n) is 3.27. The van der Waals surface area contributed by atoms with Crippen LogP contribution in [0.3, 0.4) is 0 Å². The minimum Gasteiger partial charge on any atom is -0.368 e. The zero-order chi connectivity index (χ0) is 13.9. The summed E-state index contributed by atoms with van der Waals surface area (Å²) < 4.78 is 2.27. The first-order valence-corrected chi connectivity index (χ1v) is 6.78. The molecular weight excluding hydrogens is 250 g/mol. The first kappa shape index (κ1) is 12.6. The molecule has 0 aliphatic carbocycles. The van der Waals surface area contributed by atoms with Gasteiger partial charge in [-0.25, -0.2) is 15.0 Å². The van der Waals surface area contributed by atoms with Gasteiger partial charge in [-0.1, -0.05) is 19.1 Å². The van der Waals surface area contributed by atoms with Gasteiger partial charge in [0.2, 0.25) is 5.95 Å². The Morgan fingerprint density at radius 3 is 2.65 bits per heavy atom. The molecule has 0 radical (unpaired) electrons. The van der Waals surface area contributed by atoms with Gasteiger partial charge in [0, 0.05) is 25.4 Å². The van der Waals surface area contributed by atoms with Gasteiger partial charge in [0.1, 0.15) is 5.82 Å². The third-order valence-corrected chi connectivity index (χ3v) is 3.27. The monoisotopic (exact) mass is 267 g/mol. The molecule has 5 heteroatoms. The molecule has 0 fully saturated rings. The Bertz CT molecular complexity index is 715. The second-order valence-corrected chi connectivity index (χ2v) is 4.79. The van der Waals surface area contributed by atoms with Crippen molar-refractivity contribution in [2.24, 2.45) is 0 Å². The topological polar surface area (TPSA) is 69.6 Å². The molecule has 0 unspecified atom stereocenters. The number of hydrogen-bond donors (Lipinski definition) is 1. The summed E-state index contributed by atoms with van der Waals surface area (Å²) in [6.45, 7) is 3.14. The van der Waals surface area contributed by atoms with Crippen molar-refractivity contribution < 1.29 is 0 Å². The highest BCUT2D eigenvalue weighted by atomic mass is 15.1. The average molecular weight is 267 g/mol. The minimum atomic E-state index is 0.302.